The lowest BCUT2D eigenvalue weighted by molar-refractivity contribution is -0.128. The highest BCUT2D eigenvalue weighted by Gasteiger charge is 2.10. The number of aromatic amines is 1. The number of benzene rings is 1. The van der Waals surface area contributed by atoms with Gasteiger partial charge >= 0.3 is 0 Å². The van der Waals surface area contributed by atoms with E-state index in [4.69, 9.17) is 0 Å². The van der Waals surface area contributed by atoms with Gasteiger partial charge in [0.25, 0.3) is 5.91 Å². The van der Waals surface area contributed by atoms with E-state index in [1.165, 1.54) is 11.3 Å². The van der Waals surface area contributed by atoms with Crippen LogP contribution in [0.25, 0.3) is 10.9 Å². The van der Waals surface area contributed by atoms with Crippen molar-refractivity contribution in [3.8, 4) is 0 Å². The highest BCUT2D eigenvalue weighted by Crippen LogP contribution is 2.17. The van der Waals surface area contributed by atoms with E-state index in [0.717, 1.165) is 16.5 Å². The molecule has 7 nitrogen and oxygen atoms in total. The number of nitrogens with one attached hydrogen (secondary N) is 4. The van der Waals surface area contributed by atoms with E-state index in [0.29, 0.717) is 4.88 Å². The monoisotopic (exact) mass is 370 g/mol. The van der Waals surface area contributed by atoms with E-state index in [1.54, 1.807) is 18.3 Å². The quantitative estimate of drug-likeness (QED) is 0.497. The summed E-state index contributed by atoms with van der Waals surface area (Å²) in [5.74, 6) is -0.898. The van der Waals surface area contributed by atoms with Crippen LogP contribution in [0.15, 0.2) is 48.0 Å². The number of amides is 3. The number of hydrazine groups is 1. The van der Waals surface area contributed by atoms with Gasteiger partial charge in [0.05, 0.1) is 11.3 Å². The molecule has 0 aliphatic heterocycles. The van der Waals surface area contributed by atoms with E-state index >= 15 is 0 Å². The number of rotatable bonds is 6. The lowest BCUT2D eigenvalue weighted by atomic mass is 10.1. The SMILES string of the molecule is O=C(CCNC(=O)c1cccs1)NNC(=O)Cc1c[nH]c2ccccc12. The smallest absolute Gasteiger partial charge is 0.261 e. The van der Waals surface area contributed by atoms with Gasteiger partial charge in [-0.25, -0.2) is 0 Å². The molecule has 0 fully saturated rings. The Kier molecular flexibility index (Phi) is 5.65. The molecule has 1 aromatic carbocycles. The Morgan fingerprint density at radius 2 is 1.81 bits per heavy atom. The van der Waals surface area contributed by atoms with Crippen molar-refractivity contribution < 1.29 is 14.4 Å². The average Bonchev–Trinajstić information content (AvgIpc) is 3.30. The zero-order valence-electron chi connectivity index (χ0n) is 13.9. The third kappa shape index (κ3) is 4.48. The van der Waals surface area contributed by atoms with E-state index in [2.05, 4.69) is 21.2 Å². The second-order valence-electron chi connectivity index (χ2n) is 5.62. The fourth-order valence-corrected chi connectivity index (χ4v) is 3.12. The predicted octanol–water partition coefficient (Wildman–Crippen LogP) is 1.74. The van der Waals surface area contributed by atoms with Crippen LogP contribution in [0, 0.1) is 0 Å². The lowest BCUT2D eigenvalue weighted by Gasteiger charge is -2.07. The Morgan fingerprint density at radius 1 is 1.00 bits per heavy atom. The first-order chi connectivity index (χ1) is 12.6. The second-order valence-corrected chi connectivity index (χ2v) is 6.56. The van der Waals surface area contributed by atoms with Gasteiger partial charge in [-0.15, -0.1) is 11.3 Å². The van der Waals surface area contributed by atoms with Crippen molar-refractivity contribution in [3.63, 3.8) is 0 Å². The Hall–Kier alpha value is -3.13. The summed E-state index contributed by atoms with van der Waals surface area (Å²) in [5.41, 5.74) is 6.56. The van der Waals surface area contributed by atoms with E-state index < -0.39 is 0 Å². The van der Waals surface area contributed by atoms with Crippen LogP contribution in [0.3, 0.4) is 0 Å². The van der Waals surface area contributed by atoms with Crippen LogP contribution in [-0.4, -0.2) is 29.3 Å². The van der Waals surface area contributed by atoms with Gasteiger partial charge in [0, 0.05) is 30.1 Å². The molecule has 2 heterocycles. The molecule has 134 valence electrons. The molecule has 26 heavy (non-hydrogen) atoms. The van der Waals surface area contributed by atoms with E-state index in [1.807, 2.05) is 29.6 Å². The molecule has 0 unspecified atom stereocenters. The van der Waals surface area contributed by atoms with Gasteiger partial charge in [-0.05, 0) is 23.1 Å². The van der Waals surface area contributed by atoms with Gasteiger partial charge in [0.1, 0.15) is 0 Å². The molecule has 3 rings (SSSR count). The maximum absolute atomic E-state index is 12.0. The largest absolute Gasteiger partial charge is 0.361 e. The van der Waals surface area contributed by atoms with Gasteiger partial charge in [-0.3, -0.25) is 25.2 Å². The summed E-state index contributed by atoms with van der Waals surface area (Å²) in [6.45, 7) is 0.195. The van der Waals surface area contributed by atoms with Crippen molar-refractivity contribution in [2.24, 2.45) is 0 Å². The fourth-order valence-electron chi connectivity index (χ4n) is 2.48. The van der Waals surface area contributed by atoms with Crippen molar-refractivity contribution >= 4 is 40.0 Å². The van der Waals surface area contributed by atoms with Gasteiger partial charge in [-0.2, -0.15) is 0 Å². The Balaban J connectivity index is 1.38. The molecule has 3 amide bonds. The highest BCUT2D eigenvalue weighted by molar-refractivity contribution is 7.12. The zero-order valence-corrected chi connectivity index (χ0v) is 14.7. The number of aromatic nitrogens is 1. The Bertz CT molecular complexity index is 918. The topological polar surface area (TPSA) is 103 Å². The van der Waals surface area contributed by atoms with Crippen LogP contribution in [-0.2, 0) is 16.0 Å². The van der Waals surface area contributed by atoms with Crippen molar-refractivity contribution in [1.29, 1.82) is 0 Å². The molecule has 0 saturated heterocycles. The van der Waals surface area contributed by atoms with Crippen LogP contribution in [0.4, 0.5) is 0 Å². The molecule has 0 bridgehead atoms. The van der Waals surface area contributed by atoms with Crippen molar-refractivity contribution in [3.05, 3.63) is 58.4 Å². The Morgan fingerprint density at radius 3 is 2.62 bits per heavy atom. The predicted molar refractivity (Wildman–Crippen MR) is 99.6 cm³/mol. The summed E-state index contributed by atoms with van der Waals surface area (Å²) >= 11 is 1.33. The molecule has 8 heteroatoms. The van der Waals surface area contributed by atoms with E-state index in [9.17, 15) is 14.4 Å². The molecule has 2 aromatic heterocycles. The first-order valence-electron chi connectivity index (χ1n) is 8.08. The maximum atomic E-state index is 12.0. The zero-order chi connectivity index (χ0) is 18.4. The van der Waals surface area contributed by atoms with Crippen LogP contribution in [0.5, 0.6) is 0 Å². The number of carbonyl (C=O) groups excluding carboxylic acids is 3. The summed E-state index contributed by atoms with van der Waals surface area (Å²) in [5, 5.41) is 5.44. The molecule has 0 aliphatic rings. The van der Waals surface area contributed by atoms with Gasteiger partial charge in [0.15, 0.2) is 0 Å². The first kappa shape index (κ1) is 17.7. The molecule has 0 radical (unpaired) electrons. The minimum absolute atomic E-state index is 0.0739. The second kappa shape index (κ2) is 8.30. The van der Waals surface area contributed by atoms with Crippen molar-refractivity contribution in [1.82, 2.24) is 21.2 Å². The van der Waals surface area contributed by atoms with Gasteiger partial charge in [-0.1, -0.05) is 24.3 Å². The van der Waals surface area contributed by atoms with Crippen LogP contribution in [0.1, 0.15) is 21.7 Å². The third-order valence-corrected chi connectivity index (χ3v) is 4.62. The molecular formula is C18H18N4O3S. The van der Waals surface area contributed by atoms with E-state index in [-0.39, 0.29) is 37.1 Å². The normalized spacial score (nSPS) is 10.5. The number of fused-ring (bicyclic) bond motifs is 1. The maximum Gasteiger partial charge on any atom is 0.261 e. The lowest BCUT2D eigenvalue weighted by Crippen LogP contribution is -2.43. The first-order valence-corrected chi connectivity index (χ1v) is 8.96. The molecule has 0 atom stereocenters. The minimum Gasteiger partial charge on any atom is -0.361 e. The summed E-state index contributed by atoms with van der Waals surface area (Å²) < 4.78 is 0. The molecular weight excluding hydrogens is 352 g/mol. The molecule has 0 aliphatic carbocycles. The number of para-hydroxylation sites is 1. The number of carbonyl (C=O) groups is 3. The number of hydrogen-bond donors (Lipinski definition) is 4. The molecule has 4 N–H and O–H groups in total. The number of H-pyrrole nitrogens is 1. The standard InChI is InChI=1S/C18H18N4O3S/c23-16(7-8-19-18(25)15-6-3-9-26-15)21-22-17(24)10-12-11-20-14-5-2-1-4-13(12)14/h1-6,9,11,20H,7-8,10H2,(H,19,25)(H,21,23)(H,22,24). The van der Waals surface area contributed by atoms with Crippen LogP contribution < -0.4 is 16.2 Å². The number of thiophene rings is 1. The molecule has 3 aromatic rings. The fraction of sp³-hybridized carbons (Fsp3) is 0.167. The Labute approximate surface area is 153 Å². The third-order valence-electron chi connectivity index (χ3n) is 3.75. The average molecular weight is 370 g/mol. The van der Waals surface area contributed by atoms with Crippen LogP contribution >= 0.6 is 11.3 Å². The summed E-state index contributed by atoms with van der Waals surface area (Å²) in [6.07, 6.45) is 2.01. The van der Waals surface area contributed by atoms with Crippen LogP contribution in [0.2, 0.25) is 0 Å². The minimum atomic E-state index is -0.372. The highest BCUT2D eigenvalue weighted by atomic mass is 32.1. The van der Waals surface area contributed by atoms with Crippen molar-refractivity contribution in [2.75, 3.05) is 6.54 Å². The summed E-state index contributed by atoms with van der Waals surface area (Å²) in [7, 11) is 0. The number of hydrogen-bond acceptors (Lipinski definition) is 4. The molecule has 0 spiro atoms. The van der Waals surface area contributed by atoms with Gasteiger partial charge < -0.3 is 10.3 Å². The van der Waals surface area contributed by atoms with Gasteiger partial charge in [0.2, 0.25) is 11.8 Å². The summed E-state index contributed by atoms with van der Waals surface area (Å²) in [6, 6.07) is 11.2. The molecule has 0 saturated carbocycles. The van der Waals surface area contributed by atoms with Crippen molar-refractivity contribution in [2.45, 2.75) is 12.8 Å². The summed E-state index contributed by atoms with van der Waals surface area (Å²) in [4.78, 5) is 39.2.